The Morgan fingerprint density at radius 1 is 1.00 bits per heavy atom. The SMILES string of the molecule is O=C(O)CCC(=O)CNC1c2ccccc2N(C(=O)OCc2ccccc2)C2CCCC12. The zero-order valence-electron chi connectivity index (χ0n) is 17.9. The fourth-order valence-corrected chi connectivity index (χ4v) is 4.90. The zero-order chi connectivity index (χ0) is 22.5. The molecule has 0 spiro atoms. The van der Waals surface area contributed by atoms with Gasteiger partial charge in [0.05, 0.1) is 18.7 Å². The minimum absolute atomic E-state index is 0.000190. The van der Waals surface area contributed by atoms with Crippen molar-refractivity contribution in [2.24, 2.45) is 5.92 Å². The Bertz CT molecular complexity index is 977. The number of carboxylic acids is 1. The van der Waals surface area contributed by atoms with Gasteiger partial charge in [-0.25, -0.2) is 4.79 Å². The predicted molar refractivity (Wildman–Crippen MR) is 119 cm³/mol. The molecule has 0 radical (unpaired) electrons. The monoisotopic (exact) mass is 436 g/mol. The van der Waals surface area contributed by atoms with E-state index in [1.807, 2.05) is 54.6 Å². The molecule has 2 aromatic carbocycles. The summed E-state index contributed by atoms with van der Waals surface area (Å²) >= 11 is 0. The molecule has 0 saturated heterocycles. The molecular formula is C25H28N2O5. The highest BCUT2D eigenvalue weighted by atomic mass is 16.6. The highest BCUT2D eigenvalue weighted by molar-refractivity contribution is 5.90. The van der Waals surface area contributed by atoms with Crippen molar-refractivity contribution in [2.45, 2.75) is 50.8 Å². The second kappa shape index (κ2) is 9.96. The van der Waals surface area contributed by atoms with Gasteiger partial charge in [0.2, 0.25) is 0 Å². The number of fused-ring (bicyclic) bond motifs is 2. The average molecular weight is 437 g/mol. The van der Waals surface area contributed by atoms with E-state index in [0.717, 1.165) is 36.1 Å². The third-order valence-electron chi connectivity index (χ3n) is 6.36. The Morgan fingerprint density at radius 3 is 2.53 bits per heavy atom. The quantitative estimate of drug-likeness (QED) is 0.647. The number of aliphatic carboxylic acids is 1. The summed E-state index contributed by atoms with van der Waals surface area (Å²) in [5.41, 5.74) is 2.72. The fourth-order valence-electron chi connectivity index (χ4n) is 4.90. The average Bonchev–Trinajstić information content (AvgIpc) is 3.28. The lowest BCUT2D eigenvalue weighted by Crippen LogP contribution is -2.51. The van der Waals surface area contributed by atoms with Gasteiger partial charge in [0.15, 0.2) is 0 Å². The summed E-state index contributed by atoms with van der Waals surface area (Å²) in [6, 6.07) is 17.3. The molecule has 2 N–H and O–H groups in total. The fraction of sp³-hybridized carbons (Fsp3) is 0.400. The number of ketones is 1. The Hall–Kier alpha value is -3.19. The van der Waals surface area contributed by atoms with Crippen LogP contribution >= 0.6 is 0 Å². The lowest BCUT2D eigenvalue weighted by atomic mass is 9.83. The van der Waals surface area contributed by atoms with E-state index in [1.54, 1.807) is 4.90 Å². The Labute approximate surface area is 187 Å². The van der Waals surface area contributed by atoms with E-state index >= 15 is 0 Å². The normalized spacial score (nSPS) is 21.5. The Balaban J connectivity index is 1.51. The summed E-state index contributed by atoms with van der Waals surface area (Å²) in [5.74, 6) is -0.924. The molecule has 1 saturated carbocycles. The molecule has 0 aromatic heterocycles. The summed E-state index contributed by atoms with van der Waals surface area (Å²) in [6.07, 6.45) is 2.33. The highest BCUT2D eigenvalue weighted by Gasteiger charge is 2.46. The zero-order valence-corrected chi connectivity index (χ0v) is 17.9. The second-order valence-electron chi connectivity index (χ2n) is 8.42. The molecular weight excluding hydrogens is 408 g/mol. The number of carbonyl (C=O) groups is 3. The van der Waals surface area contributed by atoms with Gasteiger partial charge in [0.25, 0.3) is 0 Å². The van der Waals surface area contributed by atoms with Crippen molar-refractivity contribution in [1.29, 1.82) is 0 Å². The highest BCUT2D eigenvalue weighted by Crippen LogP contribution is 2.47. The van der Waals surface area contributed by atoms with Crippen molar-refractivity contribution in [3.8, 4) is 0 Å². The molecule has 1 aliphatic heterocycles. The van der Waals surface area contributed by atoms with E-state index < -0.39 is 5.97 Å². The van der Waals surface area contributed by atoms with Crippen LogP contribution in [0.5, 0.6) is 0 Å². The number of carbonyl (C=O) groups excluding carboxylic acids is 2. The first-order valence-electron chi connectivity index (χ1n) is 11.1. The number of amides is 1. The summed E-state index contributed by atoms with van der Waals surface area (Å²) in [7, 11) is 0. The van der Waals surface area contributed by atoms with Crippen LogP contribution in [0.1, 0.15) is 49.3 Å². The summed E-state index contributed by atoms with van der Waals surface area (Å²) in [5, 5.41) is 12.2. The number of hydrogen-bond acceptors (Lipinski definition) is 5. The first-order valence-corrected chi connectivity index (χ1v) is 11.1. The van der Waals surface area contributed by atoms with Crippen molar-refractivity contribution in [3.05, 3.63) is 65.7 Å². The van der Waals surface area contributed by atoms with Crippen LogP contribution in [0.15, 0.2) is 54.6 Å². The van der Waals surface area contributed by atoms with Gasteiger partial charge in [-0.1, -0.05) is 55.0 Å². The first-order chi connectivity index (χ1) is 15.5. The molecule has 1 heterocycles. The van der Waals surface area contributed by atoms with E-state index in [2.05, 4.69) is 5.32 Å². The maximum atomic E-state index is 13.2. The van der Waals surface area contributed by atoms with E-state index in [1.165, 1.54) is 0 Å². The van der Waals surface area contributed by atoms with Gasteiger partial charge in [-0.3, -0.25) is 14.5 Å². The molecule has 7 nitrogen and oxygen atoms in total. The van der Waals surface area contributed by atoms with E-state index in [9.17, 15) is 14.4 Å². The molecule has 168 valence electrons. The molecule has 7 heteroatoms. The molecule has 2 aliphatic rings. The van der Waals surface area contributed by atoms with Crippen molar-refractivity contribution >= 4 is 23.5 Å². The standard InChI is InChI=1S/C25H28N2O5/c28-18(13-14-23(29)30)15-26-24-19-9-4-5-11-21(19)27(22-12-6-10-20(22)24)25(31)32-16-17-7-2-1-3-8-17/h1-5,7-9,11,20,22,24,26H,6,10,12-16H2,(H,29,30). The minimum Gasteiger partial charge on any atom is -0.481 e. The second-order valence-corrected chi connectivity index (χ2v) is 8.42. The number of anilines is 1. The van der Waals surface area contributed by atoms with Crippen LogP contribution in [0.2, 0.25) is 0 Å². The number of Topliss-reactive ketones (excluding diaryl/α,β-unsaturated/α-hetero) is 1. The molecule has 1 amide bonds. The largest absolute Gasteiger partial charge is 0.481 e. The molecule has 3 unspecified atom stereocenters. The number of rotatable bonds is 8. The third-order valence-corrected chi connectivity index (χ3v) is 6.36. The number of ether oxygens (including phenoxy) is 1. The van der Waals surface area contributed by atoms with Crippen LogP contribution < -0.4 is 10.2 Å². The molecule has 4 rings (SSSR count). The first kappa shape index (κ1) is 22.0. The van der Waals surface area contributed by atoms with Crippen molar-refractivity contribution in [1.82, 2.24) is 5.32 Å². The van der Waals surface area contributed by atoms with Crippen LogP contribution in [-0.4, -0.2) is 35.5 Å². The predicted octanol–water partition coefficient (Wildman–Crippen LogP) is 4.08. The van der Waals surface area contributed by atoms with Crippen LogP contribution in [0, 0.1) is 5.92 Å². The van der Waals surface area contributed by atoms with Crippen molar-refractivity contribution < 1.29 is 24.2 Å². The van der Waals surface area contributed by atoms with Gasteiger partial charge in [-0.05, 0) is 36.0 Å². The lowest BCUT2D eigenvalue weighted by molar-refractivity contribution is -0.138. The Kier molecular flexibility index (Phi) is 6.85. The molecule has 1 aliphatic carbocycles. The number of nitrogens with one attached hydrogen (secondary N) is 1. The Morgan fingerprint density at radius 2 is 1.75 bits per heavy atom. The van der Waals surface area contributed by atoms with Crippen LogP contribution in [0.3, 0.4) is 0 Å². The summed E-state index contributed by atoms with van der Waals surface area (Å²) in [4.78, 5) is 37.9. The number of nitrogens with zero attached hydrogens (tertiary/aromatic N) is 1. The molecule has 2 aromatic rings. The van der Waals surface area contributed by atoms with Gasteiger partial charge in [-0.15, -0.1) is 0 Å². The molecule has 0 bridgehead atoms. The van der Waals surface area contributed by atoms with Gasteiger partial charge in [-0.2, -0.15) is 0 Å². The third kappa shape index (κ3) is 4.83. The van der Waals surface area contributed by atoms with Gasteiger partial charge in [0, 0.05) is 18.5 Å². The van der Waals surface area contributed by atoms with Crippen LogP contribution in [-0.2, 0) is 20.9 Å². The summed E-state index contributed by atoms with van der Waals surface area (Å²) < 4.78 is 5.68. The van der Waals surface area contributed by atoms with E-state index in [-0.39, 0.29) is 55.9 Å². The van der Waals surface area contributed by atoms with Crippen LogP contribution in [0.25, 0.3) is 0 Å². The number of para-hydroxylation sites is 1. The molecule has 32 heavy (non-hydrogen) atoms. The minimum atomic E-state index is -0.970. The smallest absolute Gasteiger partial charge is 0.414 e. The maximum absolute atomic E-state index is 13.2. The van der Waals surface area contributed by atoms with Gasteiger partial charge in [0.1, 0.15) is 12.4 Å². The molecule has 3 atom stereocenters. The summed E-state index contributed by atoms with van der Waals surface area (Å²) in [6.45, 7) is 0.337. The van der Waals surface area contributed by atoms with Crippen LogP contribution in [0.4, 0.5) is 10.5 Å². The van der Waals surface area contributed by atoms with E-state index in [0.29, 0.717) is 0 Å². The maximum Gasteiger partial charge on any atom is 0.414 e. The molecule has 1 fully saturated rings. The lowest BCUT2D eigenvalue weighted by Gasteiger charge is -2.43. The van der Waals surface area contributed by atoms with Gasteiger partial charge >= 0.3 is 12.1 Å². The van der Waals surface area contributed by atoms with Gasteiger partial charge < -0.3 is 15.2 Å². The van der Waals surface area contributed by atoms with Crippen molar-refractivity contribution in [3.63, 3.8) is 0 Å². The number of carboxylic acid groups (broad SMARTS) is 1. The van der Waals surface area contributed by atoms with Crippen molar-refractivity contribution in [2.75, 3.05) is 11.4 Å². The van der Waals surface area contributed by atoms with E-state index in [4.69, 9.17) is 9.84 Å². The topological polar surface area (TPSA) is 95.9 Å². The number of hydrogen-bond donors (Lipinski definition) is 2. The number of benzene rings is 2.